The highest BCUT2D eigenvalue weighted by Gasteiger charge is 2.30. The van der Waals surface area contributed by atoms with Gasteiger partial charge in [0.05, 0.1) is 23.8 Å². The Morgan fingerprint density at radius 1 is 1.03 bits per heavy atom. The van der Waals surface area contributed by atoms with E-state index in [1.165, 1.54) is 21.0 Å². The standard InChI is InChI=1S/C26H37N5O6S/c1-19-20(2)25(33)31(12-4-10-29-13-15-37-16-14-29)26(34)24(19)28-27-22-6-8-23(9-7-22)38(35,36)30-11-3-5-21(17-30)18-32/h6-9,21,32,34H,3-5,10-18H2,1-2H3/b28-27+. The van der Waals surface area contributed by atoms with E-state index in [-0.39, 0.29) is 34.5 Å². The molecule has 2 saturated heterocycles. The number of nitrogens with zero attached hydrogens (tertiary/aromatic N) is 5. The van der Waals surface area contributed by atoms with Gasteiger partial charge < -0.3 is 14.9 Å². The van der Waals surface area contributed by atoms with Gasteiger partial charge in [-0.15, -0.1) is 5.11 Å². The van der Waals surface area contributed by atoms with Gasteiger partial charge in [0.1, 0.15) is 5.69 Å². The van der Waals surface area contributed by atoms with Gasteiger partial charge in [0.25, 0.3) is 5.56 Å². The van der Waals surface area contributed by atoms with Crippen LogP contribution in [0.15, 0.2) is 44.2 Å². The maximum atomic E-state index is 13.0. The lowest BCUT2D eigenvalue weighted by Crippen LogP contribution is -2.40. The van der Waals surface area contributed by atoms with Crippen LogP contribution in [0.25, 0.3) is 0 Å². The molecule has 2 fully saturated rings. The maximum Gasteiger partial charge on any atom is 0.256 e. The highest BCUT2D eigenvalue weighted by Crippen LogP contribution is 2.32. The fourth-order valence-corrected chi connectivity index (χ4v) is 6.43. The summed E-state index contributed by atoms with van der Waals surface area (Å²) in [6.45, 7) is 8.40. The van der Waals surface area contributed by atoms with E-state index in [4.69, 9.17) is 4.74 Å². The van der Waals surface area contributed by atoms with Crippen molar-refractivity contribution in [3.63, 3.8) is 0 Å². The summed E-state index contributed by atoms with van der Waals surface area (Å²) in [4.78, 5) is 15.3. The molecule has 0 saturated carbocycles. The van der Waals surface area contributed by atoms with Crippen LogP contribution < -0.4 is 5.56 Å². The van der Waals surface area contributed by atoms with Crippen LogP contribution >= 0.6 is 0 Å². The Morgan fingerprint density at radius 3 is 2.42 bits per heavy atom. The predicted molar refractivity (Wildman–Crippen MR) is 143 cm³/mol. The predicted octanol–water partition coefficient (Wildman–Crippen LogP) is 2.70. The second-order valence-corrected chi connectivity index (χ2v) is 11.9. The van der Waals surface area contributed by atoms with Crippen molar-refractivity contribution in [3.05, 3.63) is 45.7 Å². The number of aromatic nitrogens is 1. The molecule has 11 nitrogen and oxygen atoms in total. The lowest BCUT2D eigenvalue weighted by Gasteiger charge is -2.30. The van der Waals surface area contributed by atoms with E-state index in [0.717, 1.165) is 26.1 Å². The first-order valence-electron chi connectivity index (χ1n) is 13.1. The number of pyridine rings is 1. The lowest BCUT2D eigenvalue weighted by molar-refractivity contribution is 0.0368. The summed E-state index contributed by atoms with van der Waals surface area (Å²) < 4.78 is 34.2. The van der Waals surface area contributed by atoms with E-state index >= 15 is 0 Å². The second-order valence-electron chi connectivity index (χ2n) is 9.93. The normalized spacial score (nSPS) is 19.8. The fraction of sp³-hybridized carbons (Fsp3) is 0.577. The van der Waals surface area contributed by atoms with Gasteiger partial charge in [-0.3, -0.25) is 14.3 Å². The van der Waals surface area contributed by atoms with Crippen molar-refractivity contribution in [3.8, 4) is 5.88 Å². The Bertz CT molecular complexity index is 1300. The molecule has 208 valence electrons. The summed E-state index contributed by atoms with van der Waals surface area (Å²) in [5, 5.41) is 28.8. The lowest BCUT2D eigenvalue weighted by atomic mass is 10.0. The van der Waals surface area contributed by atoms with Crippen LogP contribution in [0.1, 0.15) is 30.4 Å². The van der Waals surface area contributed by atoms with Crippen molar-refractivity contribution in [2.75, 3.05) is 52.5 Å². The van der Waals surface area contributed by atoms with Gasteiger partial charge in [0.15, 0.2) is 0 Å². The van der Waals surface area contributed by atoms with Crippen LogP contribution in [0, 0.1) is 19.8 Å². The minimum absolute atomic E-state index is 0.0295. The number of hydrogen-bond acceptors (Lipinski definition) is 9. The third-order valence-corrected chi connectivity index (χ3v) is 9.27. The molecule has 1 unspecified atom stereocenters. The summed E-state index contributed by atoms with van der Waals surface area (Å²) in [5.41, 5.74) is 1.42. The highest BCUT2D eigenvalue weighted by molar-refractivity contribution is 7.89. The number of piperidine rings is 1. The molecule has 1 atom stereocenters. The zero-order chi connectivity index (χ0) is 27.3. The van der Waals surface area contributed by atoms with Crippen LogP contribution in [0.3, 0.4) is 0 Å². The Hall–Kier alpha value is -2.64. The Labute approximate surface area is 223 Å². The molecule has 2 aromatic rings. The molecule has 0 spiro atoms. The van der Waals surface area contributed by atoms with Gasteiger partial charge in [-0.25, -0.2) is 8.42 Å². The quantitative estimate of drug-likeness (QED) is 0.461. The molecule has 12 heteroatoms. The molecule has 0 amide bonds. The van der Waals surface area contributed by atoms with Gasteiger partial charge in [0, 0.05) is 51.4 Å². The number of rotatable bonds is 9. The average molecular weight is 548 g/mol. The summed E-state index contributed by atoms with van der Waals surface area (Å²) >= 11 is 0. The molecule has 1 aromatic heterocycles. The minimum Gasteiger partial charge on any atom is -0.493 e. The van der Waals surface area contributed by atoms with Gasteiger partial charge in [-0.1, -0.05) is 0 Å². The number of aliphatic hydroxyl groups excluding tert-OH is 1. The van der Waals surface area contributed by atoms with Crippen molar-refractivity contribution in [2.24, 2.45) is 16.1 Å². The third-order valence-electron chi connectivity index (χ3n) is 7.39. The molecule has 0 bridgehead atoms. The number of sulfonamides is 1. The van der Waals surface area contributed by atoms with Gasteiger partial charge in [0.2, 0.25) is 15.9 Å². The van der Waals surface area contributed by atoms with Crippen molar-refractivity contribution >= 4 is 21.4 Å². The topological polar surface area (TPSA) is 137 Å². The molecule has 1 aromatic carbocycles. The number of morpholine rings is 1. The van der Waals surface area contributed by atoms with Gasteiger partial charge in [-0.05, 0) is 68.9 Å². The molecule has 2 aliphatic heterocycles. The molecule has 38 heavy (non-hydrogen) atoms. The first kappa shape index (κ1) is 28.4. The van der Waals surface area contributed by atoms with E-state index in [0.29, 0.717) is 62.5 Å². The van der Waals surface area contributed by atoms with E-state index < -0.39 is 10.0 Å². The molecule has 0 aliphatic carbocycles. The number of hydrogen-bond donors (Lipinski definition) is 2. The molecule has 0 radical (unpaired) electrons. The van der Waals surface area contributed by atoms with E-state index in [1.807, 2.05) is 0 Å². The molecule has 2 N–H and O–H groups in total. The zero-order valence-corrected chi connectivity index (χ0v) is 22.9. The Morgan fingerprint density at radius 2 is 1.74 bits per heavy atom. The smallest absolute Gasteiger partial charge is 0.256 e. The number of aromatic hydroxyl groups is 1. The van der Waals surface area contributed by atoms with Crippen molar-refractivity contribution < 1.29 is 23.4 Å². The maximum absolute atomic E-state index is 13.0. The monoisotopic (exact) mass is 547 g/mol. The summed E-state index contributed by atoms with van der Waals surface area (Å²) in [5.74, 6) is -0.278. The summed E-state index contributed by atoms with van der Waals surface area (Å²) in [6.07, 6.45) is 2.22. The highest BCUT2D eigenvalue weighted by atomic mass is 32.2. The van der Waals surface area contributed by atoms with E-state index in [9.17, 15) is 23.4 Å². The first-order chi connectivity index (χ1) is 18.2. The van der Waals surface area contributed by atoms with Crippen molar-refractivity contribution in [2.45, 2.75) is 44.6 Å². The number of aliphatic hydroxyl groups is 1. The van der Waals surface area contributed by atoms with Crippen LogP contribution in [-0.4, -0.2) is 84.9 Å². The first-order valence-corrected chi connectivity index (χ1v) is 14.5. The van der Waals surface area contributed by atoms with Crippen molar-refractivity contribution in [1.82, 2.24) is 13.8 Å². The molecule has 3 heterocycles. The van der Waals surface area contributed by atoms with Crippen LogP contribution in [0.2, 0.25) is 0 Å². The fourth-order valence-electron chi connectivity index (χ4n) is 4.87. The second kappa shape index (κ2) is 12.5. The SMILES string of the molecule is Cc1c(/N=N/c2ccc(S(=O)(=O)N3CCCC(CO)C3)cc2)c(O)n(CCCN2CCOCC2)c(=O)c1C. The number of azo groups is 1. The van der Waals surface area contributed by atoms with Crippen LogP contribution in [0.5, 0.6) is 5.88 Å². The van der Waals surface area contributed by atoms with Crippen molar-refractivity contribution in [1.29, 1.82) is 0 Å². The molecular weight excluding hydrogens is 510 g/mol. The molecule has 4 rings (SSSR count). The zero-order valence-electron chi connectivity index (χ0n) is 22.0. The molecular formula is C26H37N5O6S. The van der Waals surface area contributed by atoms with Crippen LogP contribution in [-0.2, 0) is 21.3 Å². The Balaban J connectivity index is 1.49. The average Bonchev–Trinajstić information content (AvgIpc) is 2.94. The Kier molecular flexibility index (Phi) is 9.32. The van der Waals surface area contributed by atoms with Crippen LogP contribution in [0.4, 0.5) is 11.4 Å². The molecule has 2 aliphatic rings. The summed E-state index contributed by atoms with van der Waals surface area (Å²) in [6, 6.07) is 6.08. The number of benzene rings is 1. The van der Waals surface area contributed by atoms with Gasteiger partial charge in [-0.2, -0.15) is 9.42 Å². The minimum atomic E-state index is -3.67. The van der Waals surface area contributed by atoms with E-state index in [1.54, 1.807) is 26.0 Å². The third kappa shape index (κ3) is 6.32. The van der Waals surface area contributed by atoms with Gasteiger partial charge >= 0.3 is 0 Å². The summed E-state index contributed by atoms with van der Waals surface area (Å²) in [7, 11) is -3.67. The largest absolute Gasteiger partial charge is 0.493 e. The number of ether oxygens (including phenoxy) is 1. The van der Waals surface area contributed by atoms with E-state index in [2.05, 4.69) is 15.1 Å².